The van der Waals surface area contributed by atoms with Gasteiger partial charge in [0.25, 0.3) is 5.56 Å². The molecule has 5 nitrogen and oxygen atoms in total. The maximum atomic E-state index is 12.6. The average Bonchev–Trinajstić information content (AvgIpc) is 2.56. The summed E-state index contributed by atoms with van der Waals surface area (Å²) in [7, 11) is -1.85. The molecule has 1 unspecified atom stereocenters. The molecule has 2 aromatic carbocycles. The third-order valence-electron chi connectivity index (χ3n) is 3.18. The molecule has 7 heteroatoms. The summed E-state index contributed by atoms with van der Waals surface area (Å²) in [5.74, 6) is -0.395. The molecule has 0 aliphatic heterocycles. The van der Waals surface area contributed by atoms with Crippen molar-refractivity contribution in [2.24, 2.45) is 0 Å². The number of aromatic hydroxyl groups is 1. The van der Waals surface area contributed by atoms with Crippen molar-refractivity contribution in [2.45, 2.75) is 9.79 Å². The van der Waals surface area contributed by atoms with Crippen LogP contribution in [-0.4, -0.2) is 19.5 Å². The first-order valence-corrected chi connectivity index (χ1v) is 8.15. The molecule has 0 saturated carbocycles. The summed E-state index contributed by atoms with van der Waals surface area (Å²) >= 11 is 5.80. The molecule has 0 fully saturated rings. The van der Waals surface area contributed by atoms with E-state index in [4.69, 9.17) is 11.6 Å². The van der Waals surface area contributed by atoms with Gasteiger partial charge in [0, 0.05) is 15.5 Å². The zero-order valence-corrected chi connectivity index (χ0v) is 13.3. The largest absolute Gasteiger partial charge is 0.504 e. The first-order chi connectivity index (χ1) is 11.1. The molecule has 0 amide bonds. The second-order valence-corrected chi connectivity index (χ2v) is 6.52. The van der Waals surface area contributed by atoms with E-state index in [1.807, 2.05) is 6.07 Å². The third kappa shape index (κ3) is 3.04. The van der Waals surface area contributed by atoms with Gasteiger partial charge in [-0.15, -0.1) is 0 Å². The van der Waals surface area contributed by atoms with E-state index in [1.165, 1.54) is 0 Å². The van der Waals surface area contributed by atoms with Crippen LogP contribution in [0.1, 0.15) is 0 Å². The van der Waals surface area contributed by atoms with E-state index in [1.54, 1.807) is 48.5 Å². The highest BCUT2D eigenvalue weighted by atomic mass is 35.5. The van der Waals surface area contributed by atoms with Crippen molar-refractivity contribution in [1.29, 1.82) is 0 Å². The van der Waals surface area contributed by atoms with Gasteiger partial charge in [0.15, 0.2) is 10.6 Å². The number of rotatable bonds is 3. The number of benzene rings is 2. The first-order valence-electron chi connectivity index (χ1n) is 6.62. The number of aromatic nitrogens is 2. The topological polar surface area (TPSA) is 83.1 Å². The lowest BCUT2D eigenvalue weighted by Crippen LogP contribution is -2.16. The molecule has 0 saturated heterocycles. The number of hydrogen-bond donors (Lipinski definition) is 2. The van der Waals surface area contributed by atoms with E-state index < -0.39 is 22.1 Å². The van der Waals surface area contributed by atoms with Crippen LogP contribution in [0.15, 0.2) is 69.2 Å². The Labute approximate surface area is 139 Å². The highest BCUT2D eigenvalue weighted by Crippen LogP contribution is 2.31. The highest BCUT2D eigenvalue weighted by Gasteiger charge is 2.21. The Morgan fingerprint density at radius 3 is 2.35 bits per heavy atom. The molecule has 0 radical (unpaired) electrons. The van der Waals surface area contributed by atoms with Crippen LogP contribution in [-0.2, 0) is 10.8 Å². The van der Waals surface area contributed by atoms with Gasteiger partial charge in [-0.05, 0) is 24.3 Å². The number of halogens is 1. The fourth-order valence-electron chi connectivity index (χ4n) is 2.07. The van der Waals surface area contributed by atoms with E-state index in [0.29, 0.717) is 15.5 Å². The average molecular weight is 347 g/mol. The number of hydrogen-bond acceptors (Lipinski definition) is 4. The molecule has 3 rings (SSSR count). The fourth-order valence-corrected chi connectivity index (χ4v) is 3.30. The number of H-pyrrole nitrogens is 1. The zero-order chi connectivity index (χ0) is 16.4. The van der Waals surface area contributed by atoms with Gasteiger partial charge in [0.2, 0.25) is 0 Å². The van der Waals surface area contributed by atoms with E-state index in [-0.39, 0.29) is 10.6 Å². The smallest absolute Gasteiger partial charge is 0.284 e. The van der Waals surface area contributed by atoms with E-state index in [0.717, 1.165) is 0 Å². The van der Waals surface area contributed by atoms with Gasteiger partial charge in [-0.25, -0.2) is 9.31 Å². The number of aromatic amines is 1. The van der Waals surface area contributed by atoms with E-state index >= 15 is 0 Å². The molecule has 1 atom stereocenters. The predicted octanol–water partition coefficient (Wildman–Crippen LogP) is 2.96. The standard InChI is InChI=1S/C16H11ClN2O3S/c17-11-6-8-12(9-7-11)23(22)15-14(20)13(18-19-16(15)21)10-4-2-1-3-5-10/h1-9H,(H2,19,20,21). The van der Waals surface area contributed by atoms with Crippen molar-refractivity contribution < 1.29 is 9.32 Å². The summed E-state index contributed by atoms with van der Waals surface area (Å²) in [5, 5.41) is 17.0. The van der Waals surface area contributed by atoms with Crippen molar-refractivity contribution >= 4 is 22.4 Å². The quantitative estimate of drug-likeness (QED) is 0.763. The monoisotopic (exact) mass is 346 g/mol. The highest BCUT2D eigenvalue weighted by molar-refractivity contribution is 7.85. The number of nitrogens with one attached hydrogen (secondary N) is 1. The van der Waals surface area contributed by atoms with Crippen molar-refractivity contribution in [3.8, 4) is 17.0 Å². The Morgan fingerprint density at radius 2 is 1.70 bits per heavy atom. The molecule has 116 valence electrons. The Morgan fingerprint density at radius 1 is 1.04 bits per heavy atom. The van der Waals surface area contributed by atoms with Crippen LogP contribution >= 0.6 is 11.6 Å². The summed E-state index contributed by atoms with van der Waals surface area (Å²) in [6.45, 7) is 0. The van der Waals surface area contributed by atoms with Gasteiger partial charge in [-0.1, -0.05) is 41.9 Å². The minimum absolute atomic E-state index is 0.169. The lowest BCUT2D eigenvalue weighted by atomic mass is 10.1. The fraction of sp³-hybridized carbons (Fsp3) is 0. The van der Waals surface area contributed by atoms with Crippen LogP contribution < -0.4 is 5.56 Å². The van der Waals surface area contributed by atoms with Crippen LogP contribution in [0.25, 0.3) is 11.3 Å². The molecule has 0 aliphatic carbocycles. The third-order valence-corrected chi connectivity index (χ3v) is 4.88. The summed E-state index contributed by atoms with van der Waals surface area (Å²) in [6, 6.07) is 15.1. The predicted molar refractivity (Wildman–Crippen MR) is 88.1 cm³/mol. The van der Waals surface area contributed by atoms with Crippen molar-refractivity contribution in [1.82, 2.24) is 10.2 Å². The van der Waals surface area contributed by atoms with Crippen LogP contribution in [0.2, 0.25) is 5.02 Å². The normalized spacial score (nSPS) is 12.0. The first kappa shape index (κ1) is 15.5. The van der Waals surface area contributed by atoms with E-state index in [2.05, 4.69) is 10.2 Å². The molecule has 23 heavy (non-hydrogen) atoms. The van der Waals surface area contributed by atoms with Crippen molar-refractivity contribution in [3.05, 3.63) is 70.0 Å². The van der Waals surface area contributed by atoms with Gasteiger partial charge >= 0.3 is 0 Å². The van der Waals surface area contributed by atoms with Crippen LogP contribution in [0.5, 0.6) is 5.75 Å². The van der Waals surface area contributed by atoms with Gasteiger partial charge in [-0.3, -0.25) is 4.79 Å². The van der Waals surface area contributed by atoms with Gasteiger partial charge < -0.3 is 5.11 Å². The van der Waals surface area contributed by atoms with E-state index in [9.17, 15) is 14.1 Å². The molecule has 0 aliphatic rings. The van der Waals surface area contributed by atoms with Crippen LogP contribution in [0, 0.1) is 0 Å². The SMILES string of the molecule is O=c1[nH]nc(-c2ccccc2)c(O)c1S(=O)c1ccc(Cl)cc1. The van der Waals surface area contributed by atoms with Gasteiger partial charge in [0.05, 0.1) is 10.8 Å². The lowest BCUT2D eigenvalue weighted by molar-refractivity contribution is 0.456. The Kier molecular flexibility index (Phi) is 4.27. The molecular formula is C16H11ClN2O3S. The maximum Gasteiger partial charge on any atom is 0.284 e. The van der Waals surface area contributed by atoms with Crippen LogP contribution in [0.4, 0.5) is 0 Å². The molecule has 1 heterocycles. The molecule has 0 bridgehead atoms. The molecule has 1 aromatic heterocycles. The van der Waals surface area contributed by atoms with Crippen LogP contribution in [0.3, 0.4) is 0 Å². The molecular weight excluding hydrogens is 336 g/mol. The second-order valence-electron chi connectivity index (χ2n) is 4.67. The minimum atomic E-state index is -1.85. The minimum Gasteiger partial charge on any atom is -0.504 e. The summed E-state index contributed by atoms with van der Waals surface area (Å²) in [6.07, 6.45) is 0. The zero-order valence-electron chi connectivity index (χ0n) is 11.7. The summed E-state index contributed by atoms with van der Waals surface area (Å²) in [4.78, 5) is 12.1. The molecule has 3 aromatic rings. The Balaban J connectivity index is 2.14. The van der Waals surface area contributed by atoms with Crippen molar-refractivity contribution in [3.63, 3.8) is 0 Å². The second kappa shape index (κ2) is 6.36. The molecule has 2 N–H and O–H groups in total. The molecule has 0 spiro atoms. The lowest BCUT2D eigenvalue weighted by Gasteiger charge is -2.08. The van der Waals surface area contributed by atoms with Gasteiger partial charge in [0.1, 0.15) is 5.69 Å². The maximum absolute atomic E-state index is 12.6. The summed E-state index contributed by atoms with van der Waals surface area (Å²) < 4.78 is 12.6. The Bertz CT molecular complexity index is 924. The number of nitrogens with zero attached hydrogens (tertiary/aromatic N) is 1. The summed E-state index contributed by atoms with van der Waals surface area (Å²) in [5.41, 5.74) is 0.0774. The van der Waals surface area contributed by atoms with Gasteiger partial charge in [-0.2, -0.15) is 5.10 Å². The Hall–Kier alpha value is -2.44. The van der Waals surface area contributed by atoms with Crippen molar-refractivity contribution in [2.75, 3.05) is 0 Å².